The average Bonchev–Trinajstić information content (AvgIpc) is 3.41. The van der Waals surface area contributed by atoms with Gasteiger partial charge >= 0.3 is 0 Å². The van der Waals surface area contributed by atoms with E-state index in [9.17, 15) is 0 Å². The maximum atomic E-state index is 5.12. The number of hydrogen-bond acceptors (Lipinski definition) is 5. The van der Waals surface area contributed by atoms with Gasteiger partial charge in [0, 0.05) is 49.9 Å². The Morgan fingerprint density at radius 1 is 0.462 bits per heavy atom. The Bertz CT molecular complexity index is 2170. The molecule has 0 radical (unpaired) electrons. The Morgan fingerprint density at radius 2 is 1.05 bits per heavy atom. The summed E-state index contributed by atoms with van der Waals surface area (Å²) in [5.74, 6) is 0. The van der Waals surface area contributed by atoms with Crippen LogP contribution in [0.4, 0.5) is 0 Å². The maximum absolute atomic E-state index is 5.12. The number of para-hydroxylation sites is 2. The topological polar surface area (TPSA) is 51.6 Å². The lowest BCUT2D eigenvalue weighted by Crippen LogP contribution is -1.95. The van der Waals surface area contributed by atoms with Gasteiger partial charge < -0.3 is 0 Å². The van der Waals surface area contributed by atoms with E-state index in [0.29, 0.717) is 0 Å². The second-order valence-corrected chi connectivity index (χ2v) is 10.6. The molecule has 0 saturated heterocycles. The molecule has 4 aromatic carbocycles. The van der Waals surface area contributed by atoms with Gasteiger partial charge in [-0.15, -0.1) is 11.3 Å². The number of aromatic nitrogens is 4. The summed E-state index contributed by atoms with van der Waals surface area (Å²) in [5, 5.41) is 3.55. The molecule has 0 spiro atoms. The summed E-state index contributed by atoms with van der Waals surface area (Å²) in [6.45, 7) is 0. The highest BCUT2D eigenvalue weighted by molar-refractivity contribution is 7.26. The minimum absolute atomic E-state index is 0.871. The minimum atomic E-state index is 0.871. The van der Waals surface area contributed by atoms with Gasteiger partial charge in [0.1, 0.15) is 0 Å². The first-order chi connectivity index (χ1) is 19.3. The molecule has 4 aromatic heterocycles. The summed E-state index contributed by atoms with van der Waals surface area (Å²) in [6.07, 6.45) is 3.74. The molecule has 0 unspecified atom stereocenters. The number of benzene rings is 4. The lowest BCUT2D eigenvalue weighted by Gasteiger charge is -2.12. The highest BCUT2D eigenvalue weighted by atomic mass is 32.1. The monoisotopic (exact) mass is 516 g/mol. The Hall–Kier alpha value is -5.00. The Balaban J connectivity index is 1.33. The van der Waals surface area contributed by atoms with Crippen molar-refractivity contribution in [3.05, 3.63) is 122 Å². The SMILES string of the molecule is c1ccc(-c2nc3ccccc3nc2-c2ccc(-c3nc4ccncc4c4c3sc3ccccc34)cc2)cc1. The number of hydrogen-bond donors (Lipinski definition) is 0. The van der Waals surface area contributed by atoms with Gasteiger partial charge in [0.15, 0.2) is 0 Å². The van der Waals surface area contributed by atoms with E-state index in [1.807, 2.05) is 60.9 Å². The second-order valence-electron chi connectivity index (χ2n) is 9.51. The van der Waals surface area contributed by atoms with Crippen LogP contribution in [0.15, 0.2) is 122 Å². The molecular formula is C34H20N4S. The second kappa shape index (κ2) is 8.79. The van der Waals surface area contributed by atoms with Crippen LogP contribution in [0.1, 0.15) is 0 Å². The molecule has 4 nitrogen and oxygen atoms in total. The number of thiophene rings is 1. The molecule has 182 valence electrons. The third-order valence-electron chi connectivity index (χ3n) is 7.16. The first-order valence-corrected chi connectivity index (χ1v) is 13.6. The summed E-state index contributed by atoms with van der Waals surface area (Å²) in [7, 11) is 0. The molecule has 0 fully saturated rings. The normalized spacial score (nSPS) is 11.6. The predicted octanol–water partition coefficient (Wildman–Crippen LogP) is 8.94. The molecule has 39 heavy (non-hydrogen) atoms. The van der Waals surface area contributed by atoms with E-state index < -0.39 is 0 Å². The highest BCUT2D eigenvalue weighted by Crippen LogP contribution is 2.42. The first-order valence-electron chi connectivity index (χ1n) is 12.8. The van der Waals surface area contributed by atoms with Crippen molar-refractivity contribution in [2.24, 2.45) is 0 Å². The van der Waals surface area contributed by atoms with Crippen LogP contribution in [0.5, 0.6) is 0 Å². The molecule has 0 saturated carbocycles. The fraction of sp³-hybridized carbons (Fsp3) is 0. The Kier molecular flexibility index (Phi) is 4.96. The summed E-state index contributed by atoms with van der Waals surface area (Å²) < 4.78 is 2.43. The minimum Gasteiger partial charge on any atom is -0.264 e. The van der Waals surface area contributed by atoms with Crippen LogP contribution in [-0.2, 0) is 0 Å². The van der Waals surface area contributed by atoms with Crippen LogP contribution >= 0.6 is 11.3 Å². The molecule has 0 aliphatic heterocycles. The lowest BCUT2D eigenvalue weighted by atomic mass is 10.0. The highest BCUT2D eigenvalue weighted by Gasteiger charge is 2.17. The zero-order valence-corrected chi connectivity index (χ0v) is 21.6. The lowest BCUT2D eigenvalue weighted by molar-refractivity contribution is 1.29. The molecule has 0 aliphatic carbocycles. The van der Waals surface area contributed by atoms with Crippen LogP contribution in [-0.4, -0.2) is 19.9 Å². The van der Waals surface area contributed by atoms with Gasteiger partial charge in [-0.1, -0.05) is 84.9 Å². The van der Waals surface area contributed by atoms with E-state index in [1.54, 1.807) is 11.3 Å². The van der Waals surface area contributed by atoms with Crippen LogP contribution in [0, 0.1) is 0 Å². The van der Waals surface area contributed by atoms with Crippen LogP contribution in [0.25, 0.3) is 75.9 Å². The quantitative estimate of drug-likeness (QED) is 0.235. The van der Waals surface area contributed by atoms with Crippen molar-refractivity contribution in [2.75, 3.05) is 0 Å². The molecule has 0 bridgehead atoms. The van der Waals surface area contributed by atoms with Crippen molar-refractivity contribution in [2.45, 2.75) is 0 Å². The van der Waals surface area contributed by atoms with Gasteiger partial charge in [-0.3, -0.25) is 4.98 Å². The van der Waals surface area contributed by atoms with E-state index in [0.717, 1.165) is 55.7 Å². The number of nitrogens with zero attached hydrogens (tertiary/aromatic N) is 4. The summed E-state index contributed by atoms with van der Waals surface area (Å²) >= 11 is 1.79. The molecule has 0 aliphatic rings. The smallest absolute Gasteiger partial charge is 0.0973 e. The van der Waals surface area contributed by atoms with Crippen LogP contribution in [0.2, 0.25) is 0 Å². The first kappa shape index (κ1) is 22.0. The van der Waals surface area contributed by atoms with Crippen molar-refractivity contribution in [1.82, 2.24) is 19.9 Å². The van der Waals surface area contributed by atoms with E-state index in [-0.39, 0.29) is 0 Å². The van der Waals surface area contributed by atoms with Gasteiger partial charge in [-0.2, -0.15) is 0 Å². The predicted molar refractivity (Wildman–Crippen MR) is 162 cm³/mol. The number of pyridine rings is 2. The van der Waals surface area contributed by atoms with E-state index in [2.05, 4.69) is 65.6 Å². The van der Waals surface area contributed by atoms with Gasteiger partial charge in [-0.05, 0) is 24.3 Å². The van der Waals surface area contributed by atoms with Gasteiger partial charge in [0.05, 0.1) is 38.3 Å². The summed E-state index contributed by atoms with van der Waals surface area (Å²) in [5.41, 5.74) is 8.60. The average molecular weight is 517 g/mol. The van der Waals surface area contributed by atoms with E-state index in [1.165, 1.54) is 20.2 Å². The molecule has 8 rings (SSSR count). The zero-order chi connectivity index (χ0) is 25.8. The molecule has 5 heteroatoms. The third kappa shape index (κ3) is 3.59. The number of rotatable bonds is 3. The van der Waals surface area contributed by atoms with E-state index in [4.69, 9.17) is 15.0 Å². The summed E-state index contributed by atoms with van der Waals surface area (Å²) in [4.78, 5) is 19.6. The standard InChI is InChI=1S/C34H20N4S/c1-2-8-21(9-3-1)31-32(38-28-12-6-5-11-27(28)37-31)22-14-16-23(17-15-22)33-34-30(24-10-4-7-13-29(24)39-34)25-20-35-19-18-26(25)36-33/h1-20H. The van der Waals surface area contributed by atoms with Gasteiger partial charge in [0.2, 0.25) is 0 Å². The fourth-order valence-electron chi connectivity index (χ4n) is 5.31. The Labute approximate surface area is 228 Å². The Morgan fingerprint density at radius 3 is 1.79 bits per heavy atom. The maximum Gasteiger partial charge on any atom is 0.0973 e. The zero-order valence-electron chi connectivity index (χ0n) is 20.7. The van der Waals surface area contributed by atoms with Crippen molar-refractivity contribution in [3.8, 4) is 33.8 Å². The van der Waals surface area contributed by atoms with Gasteiger partial charge in [0.25, 0.3) is 0 Å². The van der Waals surface area contributed by atoms with Gasteiger partial charge in [-0.25, -0.2) is 15.0 Å². The molecule has 0 amide bonds. The molecule has 4 heterocycles. The molecule has 0 N–H and O–H groups in total. The summed E-state index contributed by atoms with van der Waals surface area (Å²) in [6, 6.07) is 37.4. The van der Waals surface area contributed by atoms with Crippen molar-refractivity contribution in [3.63, 3.8) is 0 Å². The molecule has 0 atom stereocenters. The van der Waals surface area contributed by atoms with Crippen molar-refractivity contribution >= 4 is 53.4 Å². The van der Waals surface area contributed by atoms with Crippen molar-refractivity contribution < 1.29 is 0 Å². The van der Waals surface area contributed by atoms with Crippen LogP contribution < -0.4 is 0 Å². The fourth-order valence-corrected chi connectivity index (χ4v) is 6.54. The molecule has 8 aromatic rings. The largest absolute Gasteiger partial charge is 0.264 e. The number of fused-ring (bicyclic) bond motifs is 6. The molecular weight excluding hydrogens is 496 g/mol. The van der Waals surface area contributed by atoms with Crippen LogP contribution in [0.3, 0.4) is 0 Å². The third-order valence-corrected chi connectivity index (χ3v) is 8.34. The van der Waals surface area contributed by atoms with E-state index >= 15 is 0 Å². The van der Waals surface area contributed by atoms with Crippen molar-refractivity contribution in [1.29, 1.82) is 0 Å².